The third-order valence-electron chi connectivity index (χ3n) is 4.37. The molecule has 2 amide bonds. The molecule has 0 spiro atoms. The van der Waals surface area contributed by atoms with Gasteiger partial charge in [-0.05, 0) is 38.2 Å². The van der Waals surface area contributed by atoms with Crippen LogP contribution in [0, 0.1) is 12.8 Å². The fourth-order valence-electron chi connectivity index (χ4n) is 2.91. The molecular weight excluding hydrogens is 268 g/mol. The Balaban J connectivity index is 1.38. The first-order chi connectivity index (χ1) is 10.1. The molecule has 1 unspecified atom stereocenters. The molecule has 1 saturated carbocycles. The van der Waals surface area contributed by atoms with Gasteiger partial charge in [-0.2, -0.15) is 5.10 Å². The van der Waals surface area contributed by atoms with Gasteiger partial charge in [0.2, 0.25) is 11.8 Å². The fraction of sp³-hybridized carbons (Fsp3) is 0.667. The van der Waals surface area contributed by atoms with E-state index in [2.05, 4.69) is 15.5 Å². The van der Waals surface area contributed by atoms with Crippen LogP contribution < -0.4 is 5.32 Å². The SMILES string of the molecule is Cc1[nH]ncc1CCCNC(=O)C1CC(=O)N(C2CC2)C1. The Bertz CT molecular complexity index is 536. The summed E-state index contributed by atoms with van der Waals surface area (Å²) in [4.78, 5) is 25.8. The van der Waals surface area contributed by atoms with E-state index in [1.54, 1.807) is 0 Å². The number of rotatable bonds is 6. The lowest BCUT2D eigenvalue weighted by atomic mass is 10.1. The lowest BCUT2D eigenvalue weighted by Gasteiger charge is -2.15. The molecule has 2 fully saturated rings. The zero-order chi connectivity index (χ0) is 14.8. The molecule has 0 aromatic carbocycles. The van der Waals surface area contributed by atoms with Crippen molar-refractivity contribution in [1.82, 2.24) is 20.4 Å². The molecule has 21 heavy (non-hydrogen) atoms. The number of carbonyl (C=O) groups is 2. The van der Waals surface area contributed by atoms with Crippen LogP contribution >= 0.6 is 0 Å². The summed E-state index contributed by atoms with van der Waals surface area (Å²) >= 11 is 0. The number of aromatic amines is 1. The number of hydrogen-bond acceptors (Lipinski definition) is 3. The van der Waals surface area contributed by atoms with Crippen LogP contribution in [0.15, 0.2) is 6.20 Å². The van der Waals surface area contributed by atoms with Crippen LogP contribution in [0.1, 0.15) is 36.9 Å². The van der Waals surface area contributed by atoms with Gasteiger partial charge in [-0.15, -0.1) is 0 Å². The summed E-state index contributed by atoms with van der Waals surface area (Å²) in [6.07, 6.45) is 6.21. The summed E-state index contributed by atoms with van der Waals surface area (Å²) in [5.41, 5.74) is 2.28. The summed E-state index contributed by atoms with van der Waals surface area (Å²) in [7, 11) is 0. The first-order valence-corrected chi connectivity index (χ1v) is 7.71. The quantitative estimate of drug-likeness (QED) is 0.760. The third kappa shape index (κ3) is 3.25. The Hall–Kier alpha value is -1.85. The van der Waals surface area contributed by atoms with Crippen molar-refractivity contribution in [2.75, 3.05) is 13.1 Å². The van der Waals surface area contributed by atoms with Crippen molar-refractivity contribution in [3.05, 3.63) is 17.5 Å². The number of amides is 2. The number of carbonyl (C=O) groups excluding carboxylic acids is 2. The van der Waals surface area contributed by atoms with E-state index in [0.717, 1.165) is 31.4 Å². The van der Waals surface area contributed by atoms with Crippen molar-refractivity contribution in [3.63, 3.8) is 0 Å². The summed E-state index contributed by atoms with van der Waals surface area (Å²) in [6, 6.07) is 0.416. The van der Waals surface area contributed by atoms with Crippen molar-refractivity contribution in [2.24, 2.45) is 5.92 Å². The predicted molar refractivity (Wildman–Crippen MR) is 77.5 cm³/mol. The zero-order valence-electron chi connectivity index (χ0n) is 12.4. The van der Waals surface area contributed by atoms with Crippen molar-refractivity contribution < 1.29 is 9.59 Å². The van der Waals surface area contributed by atoms with Crippen molar-refractivity contribution >= 4 is 11.8 Å². The molecule has 1 saturated heterocycles. The molecule has 6 nitrogen and oxygen atoms in total. The van der Waals surface area contributed by atoms with Crippen molar-refractivity contribution in [2.45, 2.75) is 45.1 Å². The molecular formula is C15H22N4O2. The average Bonchev–Trinajstić information content (AvgIpc) is 3.11. The molecule has 2 heterocycles. The highest BCUT2D eigenvalue weighted by Gasteiger charge is 2.41. The molecule has 3 rings (SSSR count). The van der Waals surface area contributed by atoms with Gasteiger partial charge in [0.15, 0.2) is 0 Å². The predicted octanol–water partition coefficient (Wildman–Crippen LogP) is 0.778. The molecule has 1 atom stereocenters. The summed E-state index contributed by atoms with van der Waals surface area (Å²) in [6.45, 7) is 3.26. The topological polar surface area (TPSA) is 78.1 Å². The second kappa shape index (κ2) is 5.87. The lowest BCUT2D eigenvalue weighted by Crippen LogP contribution is -2.34. The average molecular weight is 290 g/mol. The maximum absolute atomic E-state index is 12.1. The van der Waals surface area contributed by atoms with E-state index in [-0.39, 0.29) is 17.7 Å². The van der Waals surface area contributed by atoms with Crippen LogP contribution in [-0.4, -0.2) is 46.0 Å². The minimum absolute atomic E-state index is 0.0235. The van der Waals surface area contributed by atoms with E-state index in [9.17, 15) is 9.59 Å². The third-order valence-corrected chi connectivity index (χ3v) is 4.37. The highest BCUT2D eigenvalue weighted by atomic mass is 16.2. The molecule has 2 aliphatic rings. The van der Waals surface area contributed by atoms with Gasteiger partial charge in [0, 0.05) is 31.2 Å². The smallest absolute Gasteiger partial charge is 0.225 e. The van der Waals surface area contributed by atoms with Crippen molar-refractivity contribution in [1.29, 1.82) is 0 Å². The first kappa shape index (κ1) is 14.1. The van der Waals surface area contributed by atoms with Gasteiger partial charge in [-0.25, -0.2) is 0 Å². The highest BCUT2D eigenvalue weighted by Crippen LogP contribution is 2.32. The standard InChI is InChI=1S/C15H22N4O2/c1-10-11(8-17-18-10)3-2-6-16-15(21)12-7-14(20)19(9-12)13-4-5-13/h8,12-13H,2-7,9H2,1H3,(H,16,21)(H,17,18). The van der Waals surface area contributed by atoms with Gasteiger partial charge in [0.1, 0.15) is 0 Å². The van der Waals surface area contributed by atoms with E-state index in [0.29, 0.717) is 25.6 Å². The van der Waals surface area contributed by atoms with E-state index in [1.165, 1.54) is 5.56 Å². The van der Waals surface area contributed by atoms with Crippen LogP contribution in [0.5, 0.6) is 0 Å². The second-order valence-electron chi connectivity index (χ2n) is 6.09. The normalized spacial score (nSPS) is 21.9. The molecule has 2 N–H and O–H groups in total. The molecule has 1 aromatic rings. The van der Waals surface area contributed by atoms with Crippen LogP contribution in [0.2, 0.25) is 0 Å². The summed E-state index contributed by atoms with van der Waals surface area (Å²) in [5.74, 6) is 0.0100. The maximum atomic E-state index is 12.1. The monoisotopic (exact) mass is 290 g/mol. The molecule has 1 aromatic heterocycles. The molecule has 0 radical (unpaired) electrons. The van der Waals surface area contributed by atoms with E-state index in [4.69, 9.17) is 0 Å². The number of H-pyrrole nitrogens is 1. The van der Waals surface area contributed by atoms with Gasteiger partial charge in [-0.3, -0.25) is 14.7 Å². The summed E-state index contributed by atoms with van der Waals surface area (Å²) < 4.78 is 0. The van der Waals surface area contributed by atoms with E-state index < -0.39 is 0 Å². The minimum atomic E-state index is -0.159. The molecule has 0 bridgehead atoms. The molecule has 1 aliphatic heterocycles. The van der Waals surface area contributed by atoms with Crippen molar-refractivity contribution in [3.8, 4) is 0 Å². The van der Waals surface area contributed by atoms with Gasteiger partial charge < -0.3 is 10.2 Å². The number of nitrogens with zero attached hydrogens (tertiary/aromatic N) is 2. The largest absolute Gasteiger partial charge is 0.356 e. The number of aromatic nitrogens is 2. The van der Waals surface area contributed by atoms with Crippen LogP contribution in [-0.2, 0) is 16.0 Å². The molecule has 6 heteroatoms. The first-order valence-electron chi connectivity index (χ1n) is 7.71. The number of hydrogen-bond donors (Lipinski definition) is 2. The minimum Gasteiger partial charge on any atom is -0.356 e. The Morgan fingerprint density at radius 2 is 2.33 bits per heavy atom. The maximum Gasteiger partial charge on any atom is 0.225 e. The highest BCUT2D eigenvalue weighted by molar-refractivity contribution is 5.89. The van der Waals surface area contributed by atoms with E-state index >= 15 is 0 Å². The van der Waals surface area contributed by atoms with Gasteiger partial charge >= 0.3 is 0 Å². The van der Waals surface area contributed by atoms with Gasteiger partial charge in [-0.1, -0.05) is 0 Å². The Kier molecular flexibility index (Phi) is 3.94. The van der Waals surface area contributed by atoms with Crippen LogP contribution in [0.4, 0.5) is 0 Å². The van der Waals surface area contributed by atoms with Crippen LogP contribution in [0.25, 0.3) is 0 Å². The fourth-order valence-corrected chi connectivity index (χ4v) is 2.91. The van der Waals surface area contributed by atoms with Gasteiger partial charge in [0.25, 0.3) is 0 Å². The zero-order valence-corrected chi connectivity index (χ0v) is 12.4. The molecule has 114 valence electrons. The Labute approximate surface area is 124 Å². The van der Waals surface area contributed by atoms with E-state index in [1.807, 2.05) is 18.0 Å². The van der Waals surface area contributed by atoms with Gasteiger partial charge in [0.05, 0.1) is 12.1 Å². The number of nitrogens with one attached hydrogen (secondary N) is 2. The second-order valence-corrected chi connectivity index (χ2v) is 6.09. The molecule has 1 aliphatic carbocycles. The Morgan fingerprint density at radius 1 is 1.52 bits per heavy atom. The Morgan fingerprint density at radius 3 is 3.00 bits per heavy atom. The number of aryl methyl sites for hydroxylation is 2. The number of likely N-dealkylation sites (tertiary alicyclic amines) is 1. The van der Waals surface area contributed by atoms with Crippen LogP contribution in [0.3, 0.4) is 0 Å². The summed E-state index contributed by atoms with van der Waals surface area (Å²) in [5, 5.41) is 9.85. The lowest BCUT2D eigenvalue weighted by molar-refractivity contribution is -0.129.